The number of rotatable bonds is 11. The number of ether oxygens (including phenoxy) is 1. The highest BCUT2D eigenvalue weighted by atomic mass is 79.9. The molecule has 2 aromatic carbocycles. The van der Waals surface area contributed by atoms with E-state index in [2.05, 4.69) is 28.2 Å². The molecule has 1 N–H and O–H groups in total. The third kappa shape index (κ3) is 7.86. The number of aryl methyl sites for hydroxylation is 1. The Morgan fingerprint density at radius 3 is 2.61 bits per heavy atom. The number of hydrogen-bond acceptors (Lipinski definition) is 3. The molecule has 168 valence electrons. The van der Waals surface area contributed by atoms with Gasteiger partial charge in [-0.3, -0.25) is 9.59 Å². The molecule has 0 saturated carbocycles. The normalized spacial score (nSPS) is 11.6. The summed E-state index contributed by atoms with van der Waals surface area (Å²) in [6.07, 6.45) is 2.40. The number of unbranched alkanes of at least 4 members (excludes halogenated alkanes) is 1. The van der Waals surface area contributed by atoms with Crippen molar-refractivity contribution in [1.82, 2.24) is 10.2 Å². The van der Waals surface area contributed by atoms with E-state index in [-0.39, 0.29) is 18.4 Å². The Balaban J connectivity index is 2.19. The minimum Gasteiger partial charge on any atom is -0.482 e. The van der Waals surface area contributed by atoms with Gasteiger partial charge in [0.2, 0.25) is 5.91 Å². The van der Waals surface area contributed by atoms with Crippen LogP contribution in [0, 0.1) is 6.92 Å². The first-order chi connectivity index (χ1) is 14.8. The highest BCUT2D eigenvalue weighted by molar-refractivity contribution is 9.10. The smallest absolute Gasteiger partial charge is 0.261 e. The largest absolute Gasteiger partial charge is 0.482 e. The first kappa shape index (κ1) is 25.2. The quantitative estimate of drug-likeness (QED) is 0.406. The molecule has 0 spiro atoms. The number of hydrogen-bond donors (Lipinski definition) is 1. The SMILES string of the molecule is CCCCNC(=O)C(CC)N(Cc1cccc(C)c1)C(=O)COc1ccc(Br)cc1Cl. The van der Waals surface area contributed by atoms with Crippen LogP contribution >= 0.6 is 27.5 Å². The molecule has 31 heavy (non-hydrogen) atoms. The first-order valence-electron chi connectivity index (χ1n) is 10.6. The van der Waals surface area contributed by atoms with Gasteiger partial charge in [0.1, 0.15) is 11.8 Å². The molecular formula is C24H30BrClN2O3. The molecule has 0 radical (unpaired) electrons. The van der Waals surface area contributed by atoms with E-state index in [0.29, 0.717) is 30.3 Å². The predicted molar refractivity (Wildman–Crippen MR) is 128 cm³/mol. The van der Waals surface area contributed by atoms with E-state index in [1.54, 1.807) is 23.1 Å². The van der Waals surface area contributed by atoms with E-state index in [4.69, 9.17) is 16.3 Å². The lowest BCUT2D eigenvalue weighted by Crippen LogP contribution is -2.50. The number of carbonyl (C=O) groups excluding carboxylic acids is 2. The summed E-state index contributed by atoms with van der Waals surface area (Å²) in [6, 6.07) is 12.6. The molecule has 0 bridgehead atoms. The van der Waals surface area contributed by atoms with Gasteiger partial charge in [0.05, 0.1) is 5.02 Å². The van der Waals surface area contributed by atoms with Crippen molar-refractivity contribution in [3.63, 3.8) is 0 Å². The van der Waals surface area contributed by atoms with E-state index >= 15 is 0 Å². The maximum atomic E-state index is 13.2. The molecule has 7 heteroatoms. The van der Waals surface area contributed by atoms with Crippen molar-refractivity contribution >= 4 is 39.3 Å². The van der Waals surface area contributed by atoms with E-state index in [9.17, 15) is 9.59 Å². The summed E-state index contributed by atoms with van der Waals surface area (Å²) < 4.78 is 6.52. The number of halogens is 2. The minimum absolute atomic E-state index is 0.140. The Kier molecular flexibility index (Phi) is 10.3. The Morgan fingerprint density at radius 2 is 1.97 bits per heavy atom. The highest BCUT2D eigenvalue weighted by Gasteiger charge is 2.29. The minimum atomic E-state index is -0.575. The molecule has 2 aromatic rings. The molecule has 0 fully saturated rings. The summed E-state index contributed by atoms with van der Waals surface area (Å²) in [5.41, 5.74) is 2.07. The van der Waals surface area contributed by atoms with Crippen LogP contribution in [-0.2, 0) is 16.1 Å². The second-order valence-electron chi connectivity index (χ2n) is 7.44. The van der Waals surface area contributed by atoms with Crippen LogP contribution in [-0.4, -0.2) is 35.9 Å². The maximum absolute atomic E-state index is 13.2. The molecule has 2 amide bonds. The summed E-state index contributed by atoms with van der Waals surface area (Å²) >= 11 is 9.56. The van der Waals surface area contributed by atoms with Gasteiger partial charge in [-0.1, -0.05) is 77.6 Å². The van der Waals surface area contributed by atoms with Gasteiger partial charge in [-0.15, -0.1) is 0 Å². The molecule has 0 aliphatic rings. The lowest BCUT2D eigenvalue weighted by molar-refractivity contribution is -0.143. The second-order valence-corrected chi connectivity index (χ2v) is 8.77. The van der Waals surface area contributed by atoms with Crippen LogP contribution in [0.25, 0.3) is 0 Å². The van der Waals surface area contributed by atoms with Crippen LogP contribution in [0.1, 0.15) is 44.2 Å². The molecule has 5 nitrogen and oxygen atoms in total. The lowest BCUT2D eigenvalue weighted by atomic mass is 10.1. The molecule has 0 aliphatic carbocycles. The third-order valence-electron chi connectivity index (χ3n) is 4.90. The van der Waals surface area contributed by atoms with Gasteiger partial charge in [0.15, 0.2) is 6.61 Å². The number of amides is 2. The zero-order chi connectivity index (χ0) is 22.8. The second kappa shape index (κ2) is 12.7. The molecule has 0 aromatic heterocycles. The lowest BCUT2D eigenvalue weighted by Gasteiger charge is -2.30. The molecule has 1 atom stereocenters. The molecule has 1 unspecified atom stereocenters. The van der Waals surface area contributed by atoms with Crippen LogP contribution in [0.4, 0.5) is 0 Å². The highest BCUT2D eigenvalue weighted by Crippen LogP contribution is 2.28. The summed E-state index contributed by atoms with van der Waals surface area (Å²) in [6.45, 7) is 6.71. The van der Waals surface area contributed by atoms with Gasteiger partial charge >= 0.3 is 0 Å². The summed E-state index contributed by atoms with van der Waals surface area (Å²) in [5.74, 6) is 0.0192. The van der Waals surface area contributed by atoms with Crippen molar-refractivity contribution in [2.24, 2.45) is 0 Å². The van der Waals surface area contributed by atoms with Gasteiger partial charge in [0, 0.05) is 17.6 Å². The van der Waals surface area contributed by atoms with Gasteiger partial charge in [-0.2, -0.15) is 0 Å². The van der Waals surface area contributed by atoms with Crippen LogP contribution in [0.15, 0.2) is 46.9 Å². The fourth-order valence-corrected chi connectivity index (χ4v) is 3.98. The predicted octanol–water partition coefficient (Wildman–Crippen LogP) is 5.51. The third-order valence-corrected chi connectivity index (χ3v) is 5.68. The van der Waals surface area contributed by atoms with Crippen molar-refractivity contribution in [3.05, 3.63) is 63.1 Å². The van der Waals surface area contributed by atoms with Crippen LogP contribution in [0.5, 0.6) is 5.75 Å². The number of benzene rings is 2. The van der Waals surface area contributed by atoms with Crippen LogP contribution < -0.4 is 10.1 Å². The number of carbonyl (C=O) groups is 2. The summed E-state index contributed by atoms with van der Waals surface area (Å²) in [4.78, 5) is 27.6. The Hall–Kier alpha value is -2.05. The fourth-order valence-electron chi connectivity index (χ4n) is 3.25. The van der Waals surface area contributed by atoms with Crippen molar-refractivity contribution in [2.75, 3.05) is 13.2 Å². The monoisotopic (exact) mass is 508 g/mol. The van der Waals surface area contributed by atoms with E-state index in [1.807, 2.05) is 38.1 Å². The molecule has 0 aliphatic heterocycles. The van der Waals surface area contributed by atoms with Gasteiger partial charge < -0.3 is 15.0 Å². The standard InChI is InChI=1S/C24H30BrClN2O3/c1-4-6-12-27-24(30)21(5-2)28(15-18-9-7-8-17(3)13-18)23(29)16-31-22-11-10-19(25)14-20(22)26/h7-11,13-14,21H,4-6,12,15-16H2,1-3H3,(H,27,30). The van der Waals surface area contributed by atoms with Crippen molar-refractivity contribution < 1.29 is 14.3 Å². The Morgan fingerprint density at radius 1 is 1.19 bits per heavy atom. The topological polar surface area (TPSA) is 58.6 Å². The zero-order valence-electron chi connectivity index (χ0n) is 18.3. The van der Waals surface area contributed by atoms with E-state index in [0.717, 1.165) is 28.4 Å². The summed E-state index contributed by atoms with van der Waals surface area (Å²) in [5, 5.41) is 3.37. The summed E-state index contributed by atoms with van der Waals surface area (Å²) in [7, 11) is 0. The van der Waals surface area contributed by atoms with Crippen molar-refractivity contribution in [2.45, 2.75) is 52.6 Å². The molecule has 0 heterocycles. The zero-order valence-corrected chi connectivity index (χ0v) is 20.6. The van der Waals surface area contributed by atoms with Crippen LogP contribution in [0.3, 0.4) is 0 Å². The fraction of sp³-hybridized carbons (Fsp3) is 0.417. The van der Waals surface area contributed by atoms with E-state index < -0.39 is 6.04 Å². The average molecular weight is 510 g/mol. The molecule has 2 rings (SSSR count). The average Bonchev–Trinajstić information content (AvgIpc) is 2.73. The van der Waals surface area contributed by atoms with Gasteiger partial charge in [-0.25, -0.2) is 0 Å². The van der Waals surface area contributed by atoms with Crippen molar-refractivity contribution in [1.29, 1.82) is 0 Å². The Labute approximate surface area is 198 Å². The van der Waals surface area contributed by atoms with Gasteiger partial charge in [0.25, 0.3) is 5.91 Å². The Bertz CT molecular complexity index is 891. The van der Waals surface area contributed by atoms with Gasteiger partial charge in [-0.05, 0) is 43.5 Å². The maximum Gasteiger partial charge on any atom is 0.261 e. The van der Waals surface area contributed by atoms with Crippen LogP contribution in [0.2, 0.25) is 5.02 Å². The molecular weight excluding hydrogens is 480 g/mol. The first-order valence-corrected chi connectivity index (χ1v) is 11.7. The number of nitrogens with zero attached hydrogens (tertiary/aromatic N) is 1. The van der Waals surface area contributed by atoms with E-state index in [1.165, 1.54) is 0 Å². The number of nitrogens with one attached hydrogen (secondary N) is 1. The van der Waals surface area contributed by atoms with Crippen molar-refractivity contribution in [3.8, 4) is 5.75 Å². The molecule has 0 saturated heterocycles.